The molecule has 0 fully saturated rings. The molecule has 150 valence electrons. The van der Waals surface area contributed by atoms with E-state index in [1.165, 1.54) is 0 Å². The smallest absolute Gasteiger partial charge is 0.475 e. The maximum atomic E-state index is 10.6. The van der Waals surface area contributed by atoms with Crippen molar-refractivity contribution in [1.29, 1.82) is 0 Å². The van der Waals surface area contributed by atoms with Gasteiger partial charge in [0.25, 0.3) is 0 Å². The Labute approximate surface area is 129 Å². The van der Waals surface area contributed by atoms with E-state index in [1.807, 2.05) is 0 Å². The van der Waals surface area contributed by atoms with E-state index in [1.54, 1.807) is 0 Å². The molecule has 0 spiro atoms. The average molecular weight is 404 g/mol. The minimum absolute atomic E-state index is 2.17. The molecule has 19 heteroatoms. The van der Waals surface area contributed by atoms with Crippen LogP contribution in [-0.2, 0) is 14.4 Å². The summed E-state index contributed by atoms with van der Waals surface area (Å²) >= 11 is 0. The van der Waals surface area contributed by atoms with Gasteiger partial charge in [-0.2, -0.15) is 39.5 Å². The molecule has 0 saturated heterocycles. The van der Waals surface area contributed by atoms with Crippen molar-refractivity contribution in [2.75, 3.05) is 0 Å². The van der Waals surface area contributed by atoms with E-state index < -0.39 is 43.8 Å². The van der Waals surface area contributed by atoms with Gasteiger partial charge in [0.05, 0.1) is 0 Å². The fourth-order valence-electron chi connectivity index (χ4n) is 0. The lowest BCUT2D eigenvalue weighted by atomic mass is 10.3. The average Bonchev–Trinajstić information content (AvgIpc) is 2.25. The highest BCUT2D eigenvalue weighted by molar-refractivity contribution is 6.30. The lowest BCUT2D eigenvalue weighted by Gasteiger charge is -1.93. The second-order valence-corrected chi connectivity index (χ2v) is 2.76. The van der Waals surface area contributed by atoms with Crippen molar-refractivity contribution >= 4 is 25.2 Å². The van der Waals surface area contributed by atoms with E-state index >= 15 is 0 Å². The zero-order chi connectivity index (χ0) is 21.8. The Balaban J connectivity index is -0.000000120. The highest BCUT2D eigenvalue weighted by Gasteiger charge is 2.39. The van der Waals surface area contributed by atoms with Crippen LogP contribution in [0, 0.1) is 0 Å². The normalized spacial score (nSPS) is 10.6. The predicted molar refractivity (Wildman–Crippen MR) is 53.5 cm³/mol. The highest BCUT2D eigenvalue weighted by atomic mass is 19.4. The molecule has 0 aromatic heterocycles. The molecular weight excluding hydrogens is 398 g/mol. The zero-order valence-electron chi connectivity index (χ0n) is 10.9. The van der Waals surface area contributed by atoms with Gasteiger partial charge in [0.2, 0.25) is 0 Å². The molecule has 0 aromatic carbocycles. The predicted octanol–water partition coefficient (Wildman–Crippen LogP) is -0.152. The number of alkyl halides is 9. The first-order valence-electron chi connectivity index (χ1n) is 4.51. The van der Waals surface area contributed by atoms with E-state index in [9.17, 15) is 39.5 Å². The molecule has 0 rings (SSSR count). The Hall–Kier alpha value is -2.28. The topological polar surface area (TPSA) is 173 Å². The quantitative estimate of drug-likeness (QED) is 0.237. The Morgan fingerprint density at radius 2 is 0.560 bits per heavy atom. The summed E-state index contributed by atoms with van der Waals surface area (Å²) < 4.78 is 95.2. The summed E-state index contributed by atoms with van der Waals surface area (Å²) in [5, 5.41) is 42.9. The van der Waals surface area contributed by atoms with Crippen molar-refractivity contribution < 1.29 is 84.3 Å². The van der Waals surface area contributed by atoms with Crippen molar-refractivity contribution in [3.05, 3.63) is 0 Å². The van der Waals surface area contributed by atoms with Crippen LogP contribution in [0.4, 0.5) is 39.5 Å². The van der Waals surface area contributed by atoms with Gasteiger partial charge in [-0.3, -0.25) is 0 Å². The van der Waals surface area contributed by atoms with Crippen LogP contribution >= 0.6 is 0 Å². The van der Waals surface area contributed by atoms with Gasteiger partial charge in [-0.05, 0) is 0 Å². The molecule has 25 heavy (non-hydrogen) atoms. The molecule has 0 radical (unpaired) electrons. The number of halogens is 9. The SMILES string of the molecule is O=C(O)C(F)(F)F.O=C(O)C(F)(F)F.O=C(O)C(F)(F)F.OB(O)O. The van der Waals surface area contributed by atoms with E-state index in [0.717, 1.165) is 0 Å². The van der Waals surface area contributed by atoms with Gasteiger partial charge in [0, 0.05) is 0 Å². The zero-order valence-corrected chi connectivity index (χ0v) is 10.9. The molecule has 0 aromatic rings. The summed E-state index contributed by atoms with van der Waals surface area (Å²) in [6, 6.07) is 0. The van der Waals surface area contributed by atoms with Gasteiger partial charge in [0.15, 0.2) is 0 Å². The minimum Gasteiger partial charge on any atom is -0.475 e. The number of carbonyl (C=O) groups is 3. The summed E-state index contributed by atoms with van der Waals surface area (Å²) in [7, 11) is -2.17. The minimum atomic E-state index is -5.08. The molecule has 0 amide bonds. The van der Waals surface area contributed by atoms with Gasteiger partial charge >= 0.3 is 43.8 Å². The number of hydrogen-bond donors (Lipinski definition) is 6. The molecule has 0 aliphatic rings. The van der Waals surface area contributed by atoms with Crippen LogP contribution in [0.3, 0.4) is 0 Å². The maximum absolute atomic E-state index is 10.6. The molecule has 0 atom stereocenters. The van der Waals surface area contributed by atoms with Gasteiger partial charge in [0.1, 0.15) is 0 Å². The summed E-state index contributed by atoms with van der Waals surface area (Å²) in [4.78, 5) is 26.7. The van der Waals surface area contributed by atoms with E-state index in [-0.39, 0.29) is 0 Å². The van der Waals surface area contributed by atoms with Gasteiger partial charge in [-0.15, -0.1) is 0 Å². The second-order valence-electron chi connectivity index (χ2n) is 2.76. The molecule has 0 aliphatic carbocycles. The Morgan fingerprint density at radius 1 is 0.520 bits per heavy atom. The number of rotatable bonds is 0. The van der Waals surface area contributed by atoms with Crippen LogP contribution in [0.25, 0.3) is 0 Å². The lowest BCUT2D eigenvalue weighted by molar-refractivity contribution is -0.193. The summed E-state index contributed by atoms with van der Waals surface area (Å²) in [5.41, 5.74) is 0. The van der Waals surface area contributed by atoms with Crippen molar-refractivity contribution in [1.82, 2.24) is 0 Å². The number of carboxylic acids is 3. The Morgan fingerprint density at radius 3 is 0.560 bits per heavy atom. The molecule has 0 unspecified atom stereocenters. The molecule has 9 nitrogen and oxygen atoms in total. The van der Waals surface area contributed by atoms with E-state index in [0.29, 0.717) is 0 Å². The lowest BCUT2D eigenvalue weighted by Crippen LogP contribution is -2.21. The van der Waals surface area contributed by atoms with Crippen molar-refractivity contribution in [2.45, 2.75) is 18.5 Å². The fourth-order valence-corrected chi connectivity index (χ4v) is 0. The van der Waals surface area contributed by atoms with E-state index in [2.05, 4.69) is 0 Å². The van der Waals surface area contributed by atoms with Crippen LogP contribution in [0.1, 0.15) is 0 Å². The third-order valence-electron chi connectivity index (χ3n) is 0.728. The maximum Gasteiger partial charge on any atom is 0.631 e. The first-order chi connectivity index (χ1) is 10.6. The molecule has 0 aliphatic heterocycles. The van der Waals surface area contributed by atoms with Crippen molar-refractivity contribution in [3.8, 4) is 0 Å². The van der Waals surface area contributed by atoms with Gasteiger partial charge in [-0.1, -0.05) is 0 Å². The van der Waals surface area contributed by atoms with Gasteiger partial charge < -0.3 is 30.4 Å². The van der Waals surface area contributed by atoms with Crippen LogP contribution in [0.5, 0.6) is 0 Å². The summed E-state index contributed by atoms with van der Waals surface area (Å²) in [6.07, 6.45) is -15.3. The van der Waals surface area contributed by atoms with Crippen LogP contribution < -0.4 is 0 Å². The molecular formula is C6H6BF9O9. The third kappa shape index (κ3) is 34.2. The van der Waals surface area contributed by atoms with Crippen LogP contribution in [0.15, 0.2) is 0 Å². The fraction of sp³-hybridized carbons (Fsp3) is 0.500. The van der Waals surface area contributed by atoms with Crippen LogP contribution in [-0.4, -0.2) is 74.1 Å². The second kappa shape index (κ2) is 12.1. The summed E-state index contributed by atoms with van der Waals surface area (Å²) in [5.74, 6) is -8.27. The van der Waals surface area contributed by atoms with E-state index in [4.69, 9.17) is 44.8 Å². The first kappa shape index (κ1) is 30.6. The molecule has 0 saturated carbocycles. The first-order valence-corrected chi connectivity index (χ1v) is 4.51. The number of hydrogen-bond acceptors (Lipinski definition) is 6. The Kier molecular flexibility index (Phi) is 14.9. The standard InChI is InChI=1S/3C2HF3O2.BH3O3/c3*3-2(4,5)1(6)7;2-1(3)4/h3*(H,6,7);2-4H. The Bertz CT molecular complexity index is 353. The number of aliphatic carboxylic acids is 3. The summed E-state index contributed by atoms with van der Waals surface area (Å²) in [6.45, 7) is 0. The number of carboxylic acid groups (broad SMARTS) is 3. The third-order valence-corrected chi connectivity index (χ3v) is 0.728. The highest BCUT2D eigenvalue weighted by Crippen LogP contribution is 2.14. The molecule has 0 heterocycles. The van der Waals surface area contributed by atoms with Crippen molar-refractivity contribution in [2.24, 2.45) is 0 Å². The molecule has 0 bridgehead atoms. The molecule has 6 N–H and O–H groups in total. The van der Waals surface area contributed by atoms with Crippen molar-refractivity contribution in [3.63, 3.8) is 0 Å². The van der Waals surface area contributed by atoms with Crippen LogP contribution in [0.2, 0.25) is 0 Å². The van der Waals surface area contributed by atoms with Gasteiger partial charge in [-0.25, -0.2) is 14.4 Å². The largest absolute Gasteiger partial charge is 0.631 e. The monoisotopic (exact) mass is 404 g/mol.